The van der Waals surface area contributed by atoms with E-state index in [9.17, 15) is 0 Å². The van der Waals surface area contributed by atoms with Crippen LogP contribution in [0.2, 0.25) is 0 Å². The maximum atomic E-state index is 5.15. The van der Waals surface area contributed by atoms with Gasteiger partial charge in [-0.2, -0.15) is 0 Å². The number of nitrogens with zero attached hydrogens (tertiary/aromatic N) is 2. The third-order valence-electron chi connectivity index (χ3n) is 4.30. The van der Waals surface area contributed by atoms with Crippen LogP contribution in [0.3, 0.4) is 0 Å². The molecule has 118 valence electrons. The molecule has 3 nitrogen and oxygen atoms in total. The number of ether oxygens (including phenoxy) is 1. The van der Waals surface area contributed by atoms with Gasteiger partial charge in [-0.3, -0.25) is 9.80 Å². The van der Waals surface area contributed by atoms with E-state index in [4.69, 9.17) is 4.74 Å². The molecule has 1 saturated heterocycles. The molecule has 0 saturated carbocycles. The molecule has 0 radical (unpaired) electrons. The standard InChI is InChI=1S/C18H30N2O/c1-18(2,3)17-7-5-16(6-8-17)15-20-11-9-19(10-12-20)13-14-21-4/h5-8H,9-15H2,1-4H3. The van der Waals surface area contributed by atoms with Crippen molar-refractivity contribution in [2.75, 3.05) is 46.4 Å². The Morgan fingerprint density at radius 2 is 1.52 bits per heavy atom. The van der Waals surface area contributed by atoms with E-state index in [-0.39, 0.29) is 5.41 Å². The quantitative estimate of drug-likeness (QED) is 0.829. The third-order valence-corrected chi connectivity index (χ3v) is 4.30. The van der Waals surface area contributed by atoms with Gasteiger partial charge in [0.1, 0.15) is 0 Å². The van der Waals surface area contributed by atoms with Crippen molar-refractivity contribution in [1.82, 2.24) is 9.80 Å². The zero-order valence-electron chi connectivity index (χ0n) is 14.1. The molecule has 1 aromatic rings. The van der Waals surface area contributed by atoms with Crippen molar-refractivity contribution in [1.29, 1.82) is 0 Å². The number of piperazine rings is 1. The van der Waals surface area contributed by atoms with Gasteiger partial charge < -0.3 is 4.74 Å². The first-order valence-electron chi connectivity index (χ1n) is 8.02. The molecule has 0 aliphatic carbocycles. The van der Waals surface area contributed by atoms with E-state index < -0.39 is 0 Å². The van der Waals surface area contributed by atoms with Crippen LogP contribution in [0.4, 0.5) is 0 Å². The summed E-state index contributed by atoms with van der Waals surface area (Å²) in [4.78, 5) is 5.04. The lowest BCUT2D eigenvalue weighted by atomic mass is 9.87. The highest BCUT2D eigenvalue weighted by Crippen LogP contribution is 2.22. The molecule has 0 atom stereocenters. The Morgan fingerprint density at radius 1 is 0.952 bits per heavy atom. The monoisotopic (exact) mass is 290 g/mol. The number of hydrogen-bond acceptors (Lipinski definition) is 3. The minimum absolute atomic E-state index is 0.242. The normalized spacial score (nSPS) is 18.1. The van der Waals surface area contributed by atoms with Gasteiger partial charge in [0, 0.05) is 46.4 Å². The van der Waals surface area contributed by atoms with Crippen molar-refractivity contribution in [2.24, 2.45) is 0 Å². The SMILES string of the molecule is COCCN1CCN(Cc2ccc(C(C)(C)C)cc2)CC1. The fourth-order valence-electron chi connectivity index (χ4n) is 2.76. The summed E-state index contributed by atoms with van der Waals surface area (Å²) in [6.45, 7) is 14.4. The summed E-state index contributed by atoms with van der Waals surface area (Å²) in [5.74, 6) is 0. The molecule has 3 heteroatoms. The van der Waals surface area contributed by atoms with Gasteiger partial charge in [0.05, 0.1) is 6.61 Å². The minimum Gasteiger partial charge on any atom is -0.383 e. The molecule has 0 N–H and O–H groups in total. The molecule has 0 unspecified atom stereocenters. The fourth-order valence-corrected chi connectivity index (χ4v) is 2.76. The lowest BCUT2D eigenvalue weighted by Crippen LogP contribution is -2.46. The molecular formula is C18H30N2O. The second kappa shape index (κ2) is 7.39. The Balaban J connectivity index is 1.81. The van der Waals surface area contributed by atoms with E-state index >= 15 is 0 Å². The summed E-state index contributed by atoms with van der Waals surface area (Å²) in [6.07, 6.45) is 0. The lowest BCUT2D eigenvalue weighted by molar-refractivity contribution is 0.0938. The topological polar surface area (TPSA) is 15.7 Å². The van der Waals surface area contributed by atoms with Crippen molar-refractivity contribution in [3.05, 3.63) is 35.4 Å². The highest BCUT2D eigenvalue weighted by Gasteiger charge is 2.17. The predicted octanol–water partition coefficient (Wildman–Crippen LogP) is 2.75. The van der Waals surface area contributed by atoms with Crippen molar-refractivity contribution in [2.45, 2.75) is 32.7 Å². The highest BCUT2D eigenvalue weighted by molar-refractivity contribution is 5.27. The van der Waals surface area contributed by atoms with E-state index in [0.29, 0.717) is 0 Å². The van der Waals surface area contributed by atoms with Crippen LogP contribution in [0, 0.1) is 0 Å². The van der Waals surface area contributed by atoms with E-state index in [0.717, 1.165) is 45.9 Å². The summed E-state index contributed by atoms with van der Waals surface area (Å²) in [5, 5.41) is 0. The van der Waals surface area contributed by atoms with Gasteiger partial charge in [-0.05, 0) is 16.5 Å². The Labute approximate surface area is 129 Å². The number of rotatable bonds is 5. The second-order valence-electron chi connectivity index (χ2n) is 7.06. The van der Waals surface area contributed by atoms with Crippen LogP contribution >= 0.6 is 0 Å². The second-order valence-corrected chi connectivity index (χ2v) is 7.06. The first-order valence-corrected chi connectivity index (χ1v) is 8.02. The van der Waals surface area contributed by atoms with Gasteiger partial charge in [-0.25, -0.2) is 0 Å². The van der Waals surface area contributed by atoms with Crippen LogP contribution in [0.25, 0.3) is 0 Å². The maximum absolute atomic E-state index is 5.15. The summed E-state index contributed by atoms with van der Waals surface area (Å²) in [6, 6.07) is 9.14. The van der Waals surface area contributed by atoms with Crippen molar-refractivity contribution in [3.8, 4) is 0 Å². The lowest BCUT2D eigenvalue weighted by Gasteiger charge is -2.34. The summed E-state index contributed by atoms with van der Waals surface area (Å²) < 4.78 is 5.15. The minimum atomic E-state index is 0.242. The summed E-state index contributed by atoms with van der Waals surface area (Å²) in [5.41, 5.74) is 3.08. The van der Waals surface area contributed by atoms with Crippen molar-refractivity contribution >= 4 is 0 Å². The molecule has 1 heterocycles. The largest absolute Gasteiger partial charge is 0.383 e. The zero-order chi connectivity index (χ0) is 15.3. The molecule has 0 aromatic heterocycles. The van der Waals surface area contributed by atoms with Crippen molar-refractivity contribution < 1.29 is 4.74 Å². The van der Waals surface area contributed by atoms with E-state index in [1.807, 2.05) is 0 Å². The van der Waals surface area contributed by atoms with E-state index in [2.05, 4.69) is 54.8 Å². The Morgan fingerprint density at radius 3 is 2.05 bits per heavy atom. The number of hydrogen-bond donors (Lipinski definition) is 0. The molecular weight excluding hydrogens is 260 g/mol. The van der Waals surface area contributed by atoms with E-state index in [1.165, 1.54) is 11.1 Å². The molecule has 0 spiro atoms. The molecule has 1 aromatic carbocycles. The number of methoxy groups -OCH3 is 1. The highest BCUT2D eigenvalue weighted by atomic mass is 16.5. The number of benzene rings is 1. The van der Waals surface area contributed by atoms with Gasteiger partial charge in [0.15, 0.2) is 0 Å². The van der Waals surface area contributed by atoms with Crippen LogP contribution in [0.5, 0.6) is 0 Å². The molecule has 2 rings (SSSR count). The third kappa shape index (κ3) is 5.10. The van der Waals surface area contributed by atoms with Crippen LogP contribution in [0.1, 0.15) is 31.9 Å². The van der Waals surface area contributed by atoms with Gasteiger partial charge in [0.2, 0.25) is 0 Å². The van der Waals surface area contributed by atoms with Gasteiger partial charge in [-0.1, -0.05) is 45.0 Å². The summed E-state index contributed by atoms with van der Waals surface area (Å²) in [7, 11) is 1.78. The first kappa shape index (κ1) is 16.5. The van der Waals surface area contributed by atoms with E-state index in [1.54, 1.807) is 7.11 Å². The van der Waals surface area contributed by atoms with Crippen molar-refractivity contribution in [3.63, 3.8) is 0 Å². The smallest absolute Gasteiger partial charge is 0.0589 e. The molecule has 0 amide bonds. The summed E-state index contributed by atoms with van der Waals surface area (Å²) >= 11 is 0. The average molecular weight is 290 g/mol. The van der Waals surface area contributed by atoms with Crippen LogP contribution in [-0.4, -0.2) is 56.2 Å². The Hall–Kier alpha value is -0.900. The molecule has 21 heavy (non-hydrogen) atoms. The Bertz CT molecular complexity index is 414. The van der Waals surface area contributed by atoms with Crippen LogP contribution in [-0.2, 0) is 16.7 Å². The van der Waals surface area contributed by atoms with Gasteiger partial charge in [-0.15, -0.1) is 0 Å². The maximum Gasteiger partial charge on any atom is 0.0589 e. The zero-order valence-corrected chi connectivity index (χ0v) is 14.1. The molecule has 1 aliphatic rings. The molecule has 1 fully saturated rings. The van der Waals surface area contributed by atoms with Crippen LogP contribution < -0.4 is 0 Å². The fraction of sp³-hybridized carbons (Fsp3) is 0.667. The van der Waals surface area contributed by atoms with Gasteiger partial charge in [0.25, 0.3) is 0 Å². The molecule has 0 bridgehead atoms. The predicted molar refractivity (Wildman–Crippen MR) is 88.7 cm³/mol. The first-order chi connectivity index (χ1) is 9.99. The average Bonchev–Trinajstić information content (AvgIpc) is 2.46. The molecule has 1 aliphatic heterocycles. The van der Waals surface area contributed by atoms with Gasteiger partial charge >= 0.3 is 0 Å². The van der Waals surface area contributed by atoms with Crippen LogP contribution in [0.15, 0.2) is 24.3 Å². The Kier molecular flexibility index (Phi) is 5.80.